The van der Waals surface area contributed by atoms with Gasteiger partial charge in [0.05, 0.1) is 6.54 Å². The Morgan fingerprint density at radius 1 is 1.07 bits per heavy atom. The molecule has 0 fully saturated rings. The van der Waals surface area contributed by atoms with Crippen molar-refractivity contribution < 1.29 is 14.3 Å². The third kappa shape index (κ3) is 3.43. The average molecular weight is 374 g/mol. The number of rotatable bonds is 5. The number of nitrogens with one attached hydrogen (secondary N) is 1. The van der Waals surface area contributed by atoms with Gasteiger partial charge in [0, 0.05) is 18.2 Å². The van der Waals surface area contributed by atoms with E-state index in [9.17, 15) is 9.59 Å². The molecular weight excluding hydrogens is 352 g/mol. The zero-order chi connectivity index (χ0) is 19.7. The molecule has 0 spiro atoms. The highest BCUT2D eigenvalue weighted by molar-refractivity contribution is 6.06. The maximum Gasteiger partial charge on any atom is 0.254 e. The van der Waals surface area contributed by atoms with E-state index in [2.05, 4.69) is 11.4 Å². The number of benzene rings is 3. The predicted molar refractivity (Wildman–Crippen MR) is 110 cm³/mol. The Hall–Kier alpha value is -3.34. The maximum atomic E-state index is 12.9. The molecule has 1 aliphatic rings. The second kappa shape index (κ2) is 7.35. The summed E-state index contributed by atoms with van der Waals surface area (Å²) >= 11 is 0. The highest BCUT2D eigenvalue weighted by Gasteiger charge is 2.37. The molecule has 4 rings (SSSR count). The Labute approximate surface area is 163 Å². The average Bonchev–Trinajstić information content (AvgIpc) is 2.92. The molecule has 0 saturated carbocycles. The van der Waals surface area contributed by atoms with Crippen LogP contribution in [0, 0.1) is 6.92 Å². The molecule has 3 aromatic carbocycles. The normalized spacial score (nSPS) is 15.6. The maximum absolute atomic E-state index is 12.9. The summed E-state index contributed by atoms with van der Waals surface area (Å²) in [6, 6.07) is 19.3. The van der Waals surface area contributed by atoms with Gasteiger partial charge >= 0.3 is 0 Å². The van der Waals surface area contributed by atoms with E-state index in [4.69, 9.17) is 4.74 Å². The van der Waals surface area contributed by atoms with Crippen molar-refractivity contribution in [2.75, 3.05) is 18.1 Å². The van der Waals surface area contributed by atoms with E-state index in [0.717, 1.165) is 33.3 Å². The van der Waals surface area contributed by atoms with Gasteiger partial charge in [-0.05, 0) is 35.9 Å². The molecule has 0 unspecified atom stereocenters. The Morgan fingerprint density at radius 3 is 2.64 bits per heavy atom. The van der Waals surface area contributed by atoms with Gasteiger partial charge in [0.15, 0.2) is 0 Å². The van der Waals surface area contributed by atoms with Gasteiger partial charge in [0.25, 0.3) is 5.91 Å². The molecule has 1 heterocycles. The van der Waals surface area contributed by atoms with Crippen LogP contribution in [0.1, 0.15) is 24.1 Å². The summed E-state index contributed by atoms with van der Waals surface area (Å²) in [6.07, 6.45) is 0. The molecule has 2 amide bonds. The van der Waals surface area contributed by atoms with E-state index in [0.29, 0.717) is 13.2 Å². The second-order valence-electron chi connectivity index (χ2n) is 7.04. The van der Waals surface area contributed by atoms with Crippen LogP contribution in [0.25, 0.3) is 10.8 Å². The lowest BCUT2D eigenvalue weighted by Crippen LogP contribution is -2.38. The van der Waals surface area contributed by atoms with Gasteiger partial charge in [0.2, 0.25) is 5.91 Å². The van der Waals surface area contributed by atoms with Gasteiger partial charge in [-0.1, -0.05) is 48.0 Å². The molecule has 0 aromatic heterocycles. The first-order chi connectivity index (χ1) is 13.5. The third-order valence-corrected chi connectivity index (χ3v) is 4.95. The van der Waals surface area contributed by atoms with Crippen molar-refractivity contribution in [1.29, 1.82) is 0 Å². The van der Waals surface area contributed by atoms with Gasteiger partial charge in [-0.3, -0.25) is 9.59 Å². The van der Waals surface area contributed by atoms with E-state index < -0.39 is 6.04 Å². The number of fused-ring (bicyclic) bond motifs is 2. The summed E-state index contributed by atoms with van der Waals surface area (Å²) in [5.41, 5.74) is 2.72. The van der Waals surface area contributed by atoms with Crippen LogP contribution in [0.3, 0.4) is 0 Å². The molecule has 5 nitrogen and oxygen atoms in total. The summed E-state index contributed by atoms with van der Waals surface area (Å²) in [5, 5.41) is 5.04. The Kier molecular flexibility index (Phi) is 4.74. The van der Waals surface area contributed by atoms with Crippen molar-refractivity contribution in [3.8, 4) is 5.75 Å². The standard InChI is InChI=1S/C23H22N2O3/c1-15-7-10-21-20(13-15)22(24-16(2)26)23(27)25(21)11-12-28-19-9-8-17-5-3-4-6-18(17)14-19/h3-10,13-14,22H,11-12H2,1-2H3,(H,24,26)/t22-/m0/s1. The topological polar surface area (TPSA) is 58.6 Å². The predicted octanol–water partition coefficient (Wildman–Crippen LogP) is 3.75. The van der Waals surface area contributed by atoms with Crippen molar-refractivity contribution in [3.63, 3.8) is 0 Å². The monoisotopic (exact) mass is 374 g/mol. The number of carbonyl (C=O) groups is 2. The lowest BCUT2D eigenvalue weighted by Gasteiger charge is -2.18. The van der Waals surface area contributed by atoms with Crippen LogP contribution in [0.5, 0.6) is 5.75 Å². The number of carbonyl (C=O) groups excluding carboxylic acids is 2. The van der Waals surface area contributed by atoms with Crippen LogP contribution in [0.4, 0.5) is 5.69 Å². The number of hydrogen-bond donors (Lipinski definition) is 1. The smallest absolute Gasteiger partial charge is 0.254 e. The zero-order valence-electron chi connectivity index (χ0n) is 15.9. The molecule has 0 saturated heterocycles. The number of aryl methyl sites for hydroxylation is 1. The molecule has 28 heavy (non-hydrogen) atoms. The molecule has 1 atom stereocenters. The first-order valence-electron chi connectivity index (χ1n) is 9.33. The van der Waals surface area contributed by atoms with Gasteiger partial charge in [0.1, 0.15) is 18.4 Å². The van der Waals surface area contributed by atoms with Crippen LogP contribution < -0.4 is 15.0 Å². The van der Waals surface area contributed by atoms with Crippen LogP contribution in [-0.2, 0) is 9.59 Å². The first kappa shape index (κ1) is 18.0. The van der Waals surface area contributed by atoms with Crippen molar-refractivity contribution in [2.45, 2.75) is 19.9 Å². The molecular formula is C23H22N2O3. The summed E-state index contributed by atoms with van der Waals surface area (Å²) < 4.78 is 5.90. The summed E-state index contributed by atoms with van der Waals surface area (Å²) in [5.74, 6) is 0.422. The Balaban J connectivity index is 1.49. The minimum absolute atomic E-state index is 0.127. The number of nitrogens with zero attached hydrogens (tertiary/aromatic N) is 1. The van der Waals surface area contributed by atoms with Crippen molar-refractivity contribution >= 4 is 28.3 Å². The van der Waals surface area contributed by atoms with E-state index in [1.807, 2.05) is 61.5 Å². The Bertz CT molecular complexity index is 1060. The second-order valence-corrected chi connectivity index (χ2v) is 7.04. The lowest BCUT2D eigenvalue weighted by atomic mass is 10.1. The van der Waals surface area contributed by atoms with E-state index in [-0.39, 0.29) is 11.8 Å². The van der Waals surface area contributed by atoms with Crippen molar-refractivity contribution in [1.82, 2.24) is 5.32 Å². The van der Waals surface area contributed by atoms with Crippen LogP contribution in [0.15, 0.2) is 60.7 Å². The SMILES string of the molecule is CC(=O)N[C@@H]1C(=O)N(CCOc2ccc3ccccc3c2)c2ccc(C)cc21. The van der Waals surface area contributed by atoms with Crippen molar-refractivity contribution in [2.24, 2.45) is 0 Å². The molecule has 0 radical (unpaired) electrons. The number of ether oxygens (including phenoxy) is 1. The van der Waals surface area contributed by atoms with Crippen LogP contribution >= 0.6 is 0 Å². The lowest BCUT2D eigenvalue weighted by molar-refractivity contribution is -0.126. The summed E-state index contributed by atoms with van der Waals surface area (Å²) in [7, 11) is 0. The minimum Gasteiger partial charge on any atom is -0.492 e. The van der Waals surface area contributed by atoms with Gasteiger partial charge < -0.3 is 15.0 Å². The van der Waals surface area contributed by atoms with E-state index in [1.165, 1.54) is 6.92 Å². The van der Waals surface area contributed by atoms with Crippen LogP contribution in [-0.4, -0.2) is 25.0 Å². The molecule has 0 bridgehead atoms. The van der Waals surface area contributed by atoms with Gasteiger partial charge in [-0.15, -0.1) is 0 Å². The fraction of sp³-hybridized carbons (Fsp3) is 0.217. The van der Waals surface area contributed by atoms with Crippen LogP contribution in [0.2, 0.25) is 0 Å². The molecule has 0 aliphatic carbocycles. The first-order valence-corrected chi connectivity index (χ1v) is 9.33. The van der Waals surface area contributed by atoms with Gasteiger partial charge in [-0.2, -0.15) is 0 Å². The number of amides is 2. The fourth-order valence-corrected chi connectivity index (χ4v) is 3.64. The van der Waals surface area contributed by atoms with Gasteiger partial charge in [-0.25, -0.2) is 0 Å². The highest BCUT2D eigenvalue weighted by atomic mass is 16.5. The molecule has 1 N–H and O–H groups in total. The minimum atomic E-state index is -0.631. The molecule has 142 valence electrons. The third-order valence-electron chi connectivity index (χ3n) is 4.95. The quantitative estimate of drug-likeness (QED) is 0.740. The number of hydrogen-bond acceptors (Lipinski definition) is 3. The number of anilines is 1. The highest BCUT2D eigenvalue weighted by Crippen LogP contribution is 2.36. The summed E-state index contributed by atoms with van der Waals surface area (Å²) in [6.45, 7) is 4.18. The van der Waals surface area contributed by atoms with Crippen molar-refractivity contribution in [3.05, 3.63) is 71.8 Å². The zero-order valence-corrected chi connectivity index (χ0v) is 15.9. The molecule has 3 aromatic rings. The fourth-order valence-electron chi connectivity index (χ4n) is 3.64. The summed E-state index contributed by atoms with van der Waals surface area (Å²) in [4.78, 5) is 26.1. The molecule has 5 heteroatoms. The Morgan fingerprint density at radius 2 is 1.86 bits per heavy atom. The largest absolute Gasteiger partial charge is 0.492 e. The van der Waals surface area contributed by atoms with E-state index in [1.54, 1.807) is 4.90 Å². The van der Waals surface area contributed by atoms with E-state index >= 15 is 0 Å². The molecule has 1 aliphatic heterocycles.